The highest BCUT2D eigenvalue weighted by atomic mass is 35.5. The van der Waals surface area contributed by atoms with Crippen LogP contribution in [0.3, 0.4) is 0 Å². The van der Waals surface area contributed by atoms with Gasteiger partial charge in [-0.2, -0.15) is 29.3 Å². The van der Waals surface area contributed by atoms with Crippen LogP contribution in [0.25, 0.3) is 55.9 Å². The van der Waals surface area contributed by atoms with Crippen molar-refractivity contribution in [1.29, 1.82) is 0 Å². The summed E-state index contributed by atoms with van der Waals surface area (Å²) in [6.07, 6.45) is 5.12. The summed E-state index contributed by atoms with van der Waals surface area (Å²) in [5.74, 6) is 1.06. The summed E-state index contributed by atoms with van der Waals surface area (Å²) in [5, 5.41) is 14.1. The highest BCUT2D eigenvalue weighted by Crippen LogP contribution is 2.31. The zero-order valence-electron chi connectivity index (χ0n) is 32.0. The number of carboxylic acid groups (broad SMARTS) is 1. The zero-order chi connectivity index (χ0) is 41.6. The van der Waals surface area contributed by atoms with E-state index in [2.05, 4.69) is 40.5 Å². The Balaban J connectivity index is 0.000000127. The van der Waals surface area contributed by atoms with E-state index in [1.165, 1.54) is 11.9 Å². The van der Waals surface area contributed by atoms with Gasteiger partial charge in [0.25, 0.3) is 0 Å². The number of rotatable bonds is 11. The van der Waals surface area contributed by atoms with Gasteiger partial charge >= 0.3 is 12.2 Å². The summed E-state index contributed by atoms with van der Waals surface area (Å²) in [6, 6.07) is 11.7. The molecular weight excluding hydrogens is 794 g/mol. The molecule has 6 aliphatic heterocycles. The second-order valence-electron chi connectivity index (χ2n) is 13.0. The maximum atomic E-state index is 10.9. The minimum atomic E-state index is -0.915. The van der Waals surface area contributed by atoms with Gasteiger partial charge in [-0.1, -0.05) is 0 Å². The summed E-state index contributed by atoms with van der Waals surface area (Å²) < 4.78 is 31.1. The molecule has 4 aromatic heterocycles. The minimum Gasteiger partial charge on any atom is -0.465 e. The van der Waals surface area contributed by atoms with Gasteiger partial charge in [0, 0.05) is 40.8 Å². The van der Waals surface area contributed by atoms with Crippen molar-refractivity contribution in [3.63, 3.8) is 0 Å². The molecule has 59 heavy (non-hydrogen) atoms. The number of pyridine rings is 2. The van der Waals surface area contributed by atoms with Crippen LogP contribution in [0.5, 0.6) is 0 Å². The SMILES string of the molecule is CNC(=O)OCCCCn1cnc2c(N)nc(Cl)nc21.CNc1nc(N)c2ncn(CCCCN(C)C(=O)O)c2n1.c1cc2cc3c1oon2-3.c1cc2cc3c1oon2-3. The first kappa shape index (κ1) is 39.8. The monoisotopic (exact) mass is 833 g/mol. The standard InChI is InChI=1S/C12H19N7O2.C11H15ClN6O2.2C6H3NO2/c1-14-11-16-9(13)8-10(17-11)19(7-15-8)6-4-3-5-18(2)12(20)21;1-14-11(19)20-5-3-2-4-18-6-15-7-8(13)16-10(12)17-9(7)18;2*1-2-6-5-3-4(1)7(5)9-8-6/h7H,3-6H2,1-2H3,(H,20,21)(H3,13,14,16,17);6H,2-5H2,1H3,(H,14,19)(H2,13,16,17);2*1-3H. The van der Waals surface area contributed by atoms with Gasteiger partial charge in [-0.3, -0.25) is 9.15 Å². The van der Waals surface area contributed by atoms with E-state index in [9.17, 15) is 9.59 Å². The van der Waals surface area contributed by atoms with Gasteiger partial charge in [-0.05, 0) is 73.7 Å². The minimum absolute atomic E-state index is 0.0969. The number of fused-ring (bicyclic) bond motifs is 4. The van der Waals surface area contributed by atoms with Crippen molar-refractivity contribution in [3.8, 4) is 11.4 Å². The Morgan fingerprint density at radius 1 is 0.814 bits per heavy atom. The molecule has 0 fully saturated rings. The van der Waals surface area contributed by atoms with Crippen molar-refractivity contribution in [3.05, 3.63) is 54.3 Å². The second-order valence-corrected chi connectivity index (χ2v) is 13.3. The van der Waals surface area contributed by atoms with E-state index >= 15 is 0 Å². The molecule has 10 heterocycles. The number of alkyl carbamates (subject to hydrolysis) is 1. The highest BCUT2D eigenvalue weighted by molar-refractivity contribution is 6.28. The first-order valence-corrected chi connectivity index (χ1v) is 18.6. The number of amides is 2. The molecule has 0 spiro atoms. The fourth-order valence-corrected chi connectivity index (χ4v) is 6.05. The van der Waals surface area contributed by atoms with E-state index < -0.39 is 12.2 Å². The third-order valence-electron chi connectivity index (χ3n) is 9.07. The summed E-state index contributed by atoms with van der Waals surface area (Å²) in [4.78, 5) is 47.6. The number of carbonyl (C=O) groups is 2. The highest BCUT2D eigenvalue weighted by Gasteiger charge is 2.20. The van der Waals surface area contributed by atoms with E-state index in [0.29, 0.717) is 60.3 Å². The average molecular weight is 834 g/mol. The number of nitrogens with zero attached hydrogens (tertiary/aromatic N) is 11. The van der Waals surface area contributed by atoms with Crippen molar-refractivity contribution in [2.24, 2.45) is 0 Å². The van der Waals surface area contributed by atoms with Crippen molar-refractivity contribution < 1.29 is 38.0 Å². The number of aromatic nitrogens is 10. The van der Waals surface area contributed by atoms with Gasteiger partial charge in [0.2, 0.25) is 22.4 Å². The van der Waals surface area contributed by atoms with E-state index in [0.717, 1.165) is 59.3 Å². The van der Waals surface area contributed by atoms with Crippen LogP contribution in [-0.2, 0) is 17.8 Å². The zero-order valence-corrected chi connectivity index (χ0v) is 32.8. The molecule has 23 nitrogen and oxygen atoms in total. The largest absolute Gasteiger partial charge is 0.465 e. The number of hydrogen-bond acceptors (Lipinski definition) is 16. The maximum Gasteiger partial charge on any atom is 0.407 e. The molecule has 0 saturated carbocycles. The first-order chi connectivity index (χ1) is 28.5. The molecule has 2 amide bonds. The van der Waals surface area contributed by atoms with Gasteiger partial charge in [0.15, 0.2) is 22.9 Å². The molecule has 0 atom stereocenters. The van der Waals surface area contributed by atoms with Crippen LogP contribution in [0.1, 0.15) is 25.7 Å². The molecule has 0 radical (unpaired) electrons. The third-order valence-corrected chi connectivity index (χ3v) is 9.24. The number of aryl methyl sites for hydroxylation is 2. The number of nitrogen functional groups attached to an aromatic ring is 2. The molecule has 6 aromatic rings. The number of anilines is 3. The molecule has 0 saturated heterocycles. The number of hydrogen-bond donors (Lipinski definition) is 5. The van der Waals surface area contributed by atoms with E-state index in [-0.39, 0.29) is 11.1 Å². The van der Waals surface area contributed by atoms with Crippen molar-refractivity contribution in [1.82, 2.24) is 58.7 Å². The van der Waals surface area contributed by atoms with E-state index in [1.807, 2.05) is 45.5 Å². The number of nitrogens with two attached hydrogens (primary N) is 2. The van der Waals surface area contributed by atoms with Gasteiger partial charge < -0.3 is 46.0 Å². The molecule has 24 heteroatoms. The lowest BCUT2D eigenvalue weighted by atomic mass is 10.2. The Bertz CT molecular complexity index is 2690. The summed E-state index contributed by atoms with van der Waals surface area (Å²) in [6.45, 7) is 2.25. The second kappa shape index (κ2) is 17.4. The van der Waals surface area contributed by atoms with Crippen LogP contribution in [0, 0.1) is 0 Å². The molecule has 0 unspecified atom stereocenters. The van der Waals surface area contributed by atoms with Crippen LogP contribution in [-0.4, -0.2) is 105 Å². The van der Waals surface area contributed by atoms with Gasteiger partial charge in [0.1, 0.15) is 22.4 Å². The Morgan fingerprint density at radius 3 is 1.88 bits per heavy atom. The normalized spacial score (nSPS) is 11.3. The van der Waals surface area contributed by atoms with Gasteiger partial charge in [-0.15, -0.1) is 9.48 Å². The van der Waals surface area contributed by atoms with E-state index in [1.54, 1.807) is 36.2 Å². The fraction of sp³-hybridized carbons (Fsp3) is 0.314. The predicted octanol–water partition coefficient (Wildman–Crippen LogP) is 5.42. The van der Waals surface area contributed by atoms with Crippen LogP contribution < -0.4 is 22.1 Å². The molecule has 0 aliphatic carbocycles. The Kier molecular flexibility index (Phi) is 11.7. The summed E-state index contributed by atoms with van der Waals surface area (Å²) in [7, 11) is 4.80. The Morgan fingerprint density at radius 2 is 1.37 bits per heavy atom. The lowest BCUT2D eigenvalue weighted by Crippen LogP contribution is -2.25. The predicted molar refractivity (Wildman–Crippen MR) is 214 cm³/mol. The number of carbonyl (C=O) groups excluding carboxylic acids is 1. The fourth-order valence-electron chi connectivity index (χ4n) is 5.88. The topological polar surface area (TPSA) is 293 Å². The van der Waals surface area contributed by atoms with Crippen LogP contribution in [0.4, 0.5) is 27.2 Å². The molecular formula is C35H40ClN15O8. The number of imidazole rings is 2. The average Bonchev–Trinajstić information content (AvgIpc) is 3.94. The molecule has 8 bridgehead atoms. The molecule has 7 N–H and O–H groups in total. The number of unbranched alkanes of at least 4 members (excludes halogenated alkanes) is 2. The summed E-state index contributed by atoms with van der Waals surface area (Å²) in [5.41, 5.74) is 19.8. The number of nitrogens with one attached hydrogen (secondary N) is 2. The van der Waals surface area contributed by atoms with Gasteiger partial charge in [-0.25, -0.2) is 19.6 Å². The van der Waals surface area contributed by atoms with Crippen molar-refractivity contribution >= 4 is 85.9 Å². The quantitative estimate of drug-likeness (QED) is 0.0617. The number of halogens is 1. The third kappa shape index (κ3) is 8.63. The first-order valence-electron chi connectivity index (χ1n) is 18.2. The van der Waals surface area contributed by atoms with E-state index in [4.69, 9.17) is 51.4 Å². The number of ether oxygens (including phenoxy) is 1. The van der Waals surface area contributed by atoms with Gasteiger partial charge in [0.05, 0.1) is 30.3 Å². The lowest BCUT2D eigenvalue weighted by Gasteiger charge is -2.12. The van der Waals surface area contributed by atoms with Crippen LogP contribution >= 0.6 is 11.6 Å². The molecule has 310 valence electrons. The van der Waals surface area contributed by atoms with Crippen LogP contribution in [0.15, 0.2) is 67.6 Å². The maximum absolute atomic E-state index is 10.9. The number of benzene rings is 2. The molecule has 6 aliphatic rings. The van der Waals surface area contributed by atoms with Crippen molar-refractivity contribution in [2.45, 2.75) is 38.8 Å². The Labute approximate surface area is 337 Å². The summed E-state index contributed by atoms with van der Waals surface area (Å²) >= 11 is 5.78. The smallest absolute Gasteiger partial charge is 0.407 e. The Hall–Kier alpha value is -7.43. The van der Waals surface area contributed by atoms with Crippen molar-refractivity contribution in [2.75, 3.05) is 51.1 Å². The lowest BCUT2D eigenvalue weighted by molar-refractivity contribution is 0.00177. The molecule has 12 rings (SSSR count). The van der Waals surface area contributed by atoms with Crippen LogP contribution in [0.2, 0.25) is 5.28 Å². The molecule has 2 aromatic carbocycles.